The Morgan fingerprint density at radius 3 is 2.55 bits per heavy atom. The molecular formula is C7H16N2OS. The first-order chi connectivity index (χ1) is 5.04. The van der Waals surface area contributed by atoms with Crippen LogP contribution in [0.25, 0.3) is 0 Å². The molecule has 0 fully saturated rings. The molecule has 0 atom stereocenters. The summed E-state index contributed by atoms with van der Waals surface area (Å²) in [4.78, 5) is 0. The van der Waals surface area contributed by atoms with Crippen LogP contribution in [-0.4, -0.2) is 23.1 Å². The molecule has 0 aliphatic rings. The van der Waals surface area contributed by atoms with Crippen molar-refractivity contribution in [1.82, 2.24) is 0 Å². The van der Waals surface area contributed by atoms with Crippen molar-refractivity contribution < 1.29 is 5.21 Å². The van der Waals surface area contributed by atoms with E-state index >= 15 is 0 Å². The Morgan fingerprint density at radius 1 is 1.64 bits per heavy atom. The number of rotatable bonds is 4. The summed E-state index contributed by atoms with van der Waals surface area (Å²) in [6.45, 7) is 3.94. The topological polar surface area (TPSA) is 58.6 Å². The fourth-order valence-corrected chi connectivity index (χ4v) is 1.34. The molecule has 0 saturated carbocycles. The fraction of sp³-hybridized carbons (Fsp3) is 0.857. The summed E-state index contributed by atoms with van der Waals surface area (Å²) in [5, 5.41) is 11.4. The molecule has 0 bridgehead atoms. The summed E-state index contributed by atoms with van der Waals surface area (Å²) in [6, 6.07) is 0. The minimum atomic E-state index is -0.183. The Labute approximate surface area is 72.0 Å². The molecule has 0 aliphatic carbocycles. The largest absolute Gasteiger partial charge is 0.409 e. The molecule has 0 rings (SSSR count). The molecule has 11 heavy (non-hydrogen) atoms. The van der Waals surface area contributed by atoms with Gasteiger partial charge in [0.15, 0.2) is 0 Å². The highest BCUT2D eigenvalue weighted by Crippen LogP contribution is 2.21. The molecule has 0 unspecified atom stereocenters. The molecular weight excluding hydrogens is 160 g/mol. The zero-order chi connectivity index (χ0) is 8.91. The van der Waals surface area contributed by atoms with Crippen molar-refractivity contribution in [1.29, 1.82) is 0 Å². The average molecular weight is 176 g/mol. The first kappa shape index (κ1) is 10.6. The van der Waals surface area contributed by atoms with Crippen LogP contribution in [0.5, 0.6) is 0 Å². The van der Waals surface area contributed by atoms with Crippen molar-refractivity contribution in [2.75, 3.05) is 12.0 Å². The van der Waals surface area contributed by atoms with E-state index in [1.165, 1.54) is 0 Å². The monoisotopic (exact) mass is 176 g/mol. The van der Waals surface area contributed by atoms with E-state index < -0.39 is 0 Å². The van der Waals surface area contributed by atoms with Crippen molar-refractivity contribution in [2.24, 2.45) is 16.3 Å². The Bertz CT molecular complexity index is 145. The summed E-state index contributed by atoms with van der Waals surface area (Å²) >= 11 is 1.76. The van der Waals surface area contributed by atoms with Gasteiger partial charge in [-0.25, -0.2) is 0 Å². The Kier molecular flexibility index (Phi) is 4.33. The highest BCUT2D eigenvalue weighted by atomic mass is 32.2. The van der Waals surface area contributed by atoms with E-state index in [1.807, 2.05) is 20.1 Å². The van der Waals surface area contributed by atoms with Crippen LogP contribution in [0.3, 0.4) is 0 Å². The summed E-state index contributed by atoms with van der Waals surface area (Å²) in [5.41, 5.74) is 5.30. The number of nitrogens with two attached hydrogens (primary N) is 1. The van der Waals surface area contributed by atoms with Crippen molar-refractivity contribution in [3.63, 3.8) is 0 Å². The van der Waals surface area contributed by atoms with E-state index in [9.17, 15) is 0 Å². The normalized spacial score (nSPS) is 13.5. The second-order valence-corrected chi connectivity index (χ2v) is 4.10. The van der Waals surface area contributed by atoms with Crippen LogP contribution < -0.4 is 5.73 Å². The molecule has 0 saturated heterocycles. The van der Waals surface area contributed by atoms with Crippen LogP contribution in [0.15, 0.2) is 5.16 Å². The molecule has 0 amide bonds. The quantitative estimate of drug-likeness (QED) is 0.295. The molecule has 3 N–H and O–H groups in total. The Hall–Kier alpha value is -0.380. The van der Waals surface area contributed by atoms with Gasteiger partial charge >= 0.3 is 0 Å². The SMILES string of the molecule is CSCCC(C)(C)C(N)=NO. The van der Waals surface area contributed by atoms with Gasteiger partial charge < -0.3 is 10.9 Å². The van der Waals surface area contributed by atoms with Crippen LogP contribution in [0, 0.1) is 5.41 Å². The van der Waals surface area contributed by atoms with Gasteiger partial charge in [0.05, 0.1) is 0 Å². The summed E-state index contributed by atoms with van der Waals surface area (Å²) in [7, 11) is 0. The lowest BCUT2D eigenvalue weighted by Gasteiger charge is -2.21. The summed E-state index contributed by atoms with van der Waals surface area (Å²) in [5.74, 6) is 1.34. The van der Waals surface area contributed by atoms with Crippen LogP contribution >= 0.6 is 11.8 Å². The van der Waals surface area contributed by atoms with Crippen LogP contribution in [0.2, 0.25) is 0 Å². The van der Waals surface area contributed by atoms with E-state index in [0.29, 0.717) is 5.84 Å². The van der Waals surface area contributed by atoms with Crippen molar-refractivity contribution in [2.45, 2.75) is 20.3 Å². The van der Waals surface area contributed by atoms with Gasteiger partial charge in [-0.1, -0.05) is 19.0 Å². The lowest BCUT2D eigenvalue weighted by atomic mass is 9.89. The molecule has 0 radical (unpaired) electrons. The minimum absolute atomic E-state index is 0.183. The first-order valence-corrected chi connectivity index (χ1v) is 4.91. The Morgan fingerprint density at radius 2 is 2.18 bits per heavy atom. The molecule has 0 heterocycles. The third kappa shape index (κ3) is 3.51. The highest BCUT2D eigenvalue weighted by molar-refractivity contribution is 7.98. The van der Waals surface area contributed by atoms with Crippen molar-refractivity contribution >= 4 is 17.6 Å². The molecule has 66 valence electrons. The number of nitrogens with zero attached hydrogens (tertiary/aromatic N) is 1. The molecule has 0 aliphatic heterocycles. The van der Waals surface area contributed by atoms with Gasteiger partial charge in [0.2, 0.25) is 0 Å². The first-order valence-electron chi connectivity index (χ1n) is 3.51. The number of amidine groups is 1. The second kappa shape index (κ2) is 4.49. The molecule has 3 nitrogen and oxygen atoms in total. The predicted octanol–water partition coefficient (Wildman–Crippen LogP) is 1.51. The standard InChI is InChI=1S/C7H16N2OS/c1-7(2,4-5-11-3)6(8)9-10/h10H,4-5H2,1-3H3,(H2,8,9). The number of oxime groups is 1. The second-order valence-electron chi connectivity index (χ2n) is 3.11. The third-order valence-electron chi connectivity index (χ3n) is 1.73. The zero-order valence-electron chi connectivity index (χ0n) is 7.29. The van der Waals surface area contributed by atoms with Gasteiger partial charge in [0.25, 0.3) is 0 Å². The van der Waals surface area contributed by atoms with Crippen molar-refractivity contribution in [3.05, 3.63) is 0 Å². The molecule has 0 aromatic carbocycles. The maximum absolute atomic E-state index is 8.43. The number of thioether (sulfide) groups is 1. The van der Waals surface area contributed by atoms with Gasteiger partial charge in [-0.05, 0) is 18.4 Å². The summed E-state index contributed by atoms with van der Waals surface area (Å²) in [6.07, 6.45) is 2.98. The van der Waals surface area contributed by atoms with E-state index in [2.05, 4.69) is 5.16 Å². The Balaban J connectivity index is 3.99. The van der Waals surface area contributed by atoms with E-state index in [0.717, 1.165) is 12.2 Å². The van der Waals surface area contributed by atoms with E-state index in [4.69, 9.17) is 10.9 Å². The van der Waals surface area contributed by atoms with E-state index in [1.54, 1.807) is 11.8 Å². The van der Waals surface area contributed by atoms with Gasteiger partial charge in [0.1, 0.15) is 5.84 Å². The third-order valence-corrected chi connectivity index (χ3v) is 2.34. The van der Waals surface area contributed by atoms with Crippen LogP contribution in [0.1, 0.15) is 20.3 Å². The number of hydrogen-bond acceptors (Lipinski definition) is 3. The lowest BCUT2D eigenvalue weighted by Crippen LogP contribution is -2.32. The van der Waals surface area contributed by atoms with Crippen LogP contribution in [0.4, 0.5) is 0 Å². The van der Waals surface area contributed by atoms with Crippen molar-refractivity contribution in [3.8, 4) is 0 Å². The molecule has 0 spiro atoms. The van der Waals surface area contributed by atoms with Gasteiger partial charge in [-0.15, -0.1) is 0 Å². The minimum Gasteiger partial charge on any atom is -0.409 e. The maximum atomic E-state index is 8.43. The number of hydrogen-bond donors (Lipinski definition) is 2. The van der Waals surface area contributed by atoms with Gasteiger partial charge in [-0.2, -0.15) is 11.8 Å². The summed E-state index contributed by atoms with van der Waals surface area (Å²) < 4.78 is 0. The lowest BCUT2D eigenvalue weighted by molar-refractivity contribution is 0.307. The van der Waals surface area contributed by atoms with Gasteiger partial charge in [-0.3, -0.25) is 0 Å². The smallest absolute Gasteiger partial charge is 0.144 e. The molecule has 4 heteroatoms. The molecule has 0 aromatic heterocycles. The molecule has 0 aromatic rings. The maximum Gasteiger partial charge on any atom is 0.144 e. The zero-order valence-corrected chi connectivity index (χ0v) is 8.11. The van der Waals surface area contributed by atoms with Gasteiger partial charge in [0, 0.05) is 5.41 Å². The highest BCUT2D eigenvalue weighted by Gasteiger charge is 2.22. The predicted molar refractivity (Wildman–Crippen MR) is 50.2 cm³/mol. The average Bonchev–Trinajstić information content (AvgIpc) is 1.99. The van der Waals surface area contributed by atoms with E-state index in [-0.39, 0.29) is 5.41 Å². The fourth-order valence-electron chi connectivity index (χ4n) is 0.621. The van der Waals surface area contributed by atoms with Crippen LogP contribution in [-0.2, 0) is 0 Å².